The molecule has 0 saturated heterocycles. The molecule has 2 aliphatic rings. The average molecular weight is 276 g/mol. The smallest absolute Gasteiger partial charge is 0.276 e. The highest BCUT2D eigenvalue weighted by Crippen LogP contribution is 2.48. The zero-order valence-corrected chi connectivity index (χ0v) is 11.7. The summed E-state index contributed by atoms with van der Waals surface area (Å²) >= 11 is 0. The van der Waals surface area contributed by atoms with E-state index in [1.807, 2.05) is 11.9 Å². The minimum absolute atomic E-state index is 0.00675. The summed E-state index contributed by atoms with van der Waals surface area (Å²) in [7, 11) is 1.94. The van der Waals surface area contributed by atoms with Gasteiger partial charge in [-0.2, -0.15) is 0 Å². The molecular formula is C14H20N4O2. The number of aromatic nitrogens is 1. The normalized spacial score (nSPS) is 27.8. The van der Waals surface area contributed by atoms with E-state index in [0.717, 1.165) is 18.4 Å². The summed E-state index contributed by atoms with van der Waals surface area (Å²) in [4.78, 5) is 16.7. The molecule has 0 aromatic carbocycles. The Morgan fingerprint density at radius 3 is 2.85 bits per heavy atom. The summed E-state index contributed by atoms with van der Waals surface area (Å²) in [5.74, 6) is 3.23. The topological polar surface area (TPSA) is 85.3 Å². The van der Waals surface area contributed by atoms with E-state index in [1.165, 1.54) is 37.8 Å². The maximum Gasteiger partial charge on any atom is 0.276 e. The highest BCUT2D eigenvalue weighted by atomic mass is 16.6. The quantitative estimate of drug-likeness (QED) is 0.674. The first-order chi connectivity index (χ1) is 9.52. The number of nitro groups is 1. The molecule has 2 fully saturated rings. The molecule has 20 heavy (non-hydrogen) atoms. The van der Waals surface area contributed by atoms with Crippen LogP contribution in [-0.4, -0.2) is 23.5 Å². The van der Waals surface area contributed by atoms with Gasteiger partial charge in [-0.1, -0.05) is 6.42 Å². The Balaban J connectivity index is 1.73. The molecule has 1 heterocycles. The van der Waals surface area contributed by atoms with Gasteiger partial charge in [-0.05, 0) is 37.0 Å². The van der Waals surface area contributed by atoms with Gasteiger partial charge < -0.3 is 10.6 Å². The van der Waals surface area contributed by atoms with E-state index in [9.17, 15) is 10.1 Å². The third-order valence-electron chi connectivity index (χ3n) is 4.81. The van der Waals surface area contributed by atoms with Crippen LogP contribution < -0.4 is 10.6 Å². The Labute approximate surface area is 118 Å². The molecule has 6 nitrogen and oxygen atoms in total. The third-order valence-corrected chi connectivity index (χ3v) is 4.81. The number of nitrogens with two attached hydrogens (primary N) is 1. The zero-order valence-electron chi connectivity index (χ0n) is 11.7. The molecule has 1 aromatic rings. The standard InChI is InChI=1S/C14H20N4O2/c1-17(8-11-5-9-2-3-10(11)4-9)14-7-12(18(19)20)6-13(15)16-14/h6-7,9-11H,2-5,8H2,1H3,(H2,15,16). The predicted molar refractivity (Wildman–Crippen MR) is 77.5 cm³/mol. The number of pyridine rings is 1. The van der Waals surface area contributed by atoms with E-state index in [-0.39, 0.29) is 11.5 Å². The van der Waals surface area contributed by atoms with Crippen molar-refractivity contribution in [3.05, 3.63) is 22.2 Å². The van der Waals surface area contributed by atoms with Crippen molar-refractivity contribution >= 4 is 17.3 Å². The molecular weight excluding hydrogens is 256 g/mol. The van der Waals surface area contributed by atoms with Crippen molar-refractivity contribution in [3.8, 4) is 0 Å². The van der Waals surface area contributed by atoms with E-state index in [2.05, 4.69) is 4.98 Å². The predicted octanol–water partition coefficient (Wildman–Crippen LogP) is 2.44. The number of nitrogens with zero attached hydrogens (tertiary/aromatic N) is 3. The summed E-state index contributed by atoms with van der Waals surface area (Å²) in [6, 6.07) is 2.80. The summed E-state index contributed by atoms with van der Waals surface area (Å²) < 4.78 is 0. The van der Waals surface area contributed by atoms with Gasteiger partial charge in [-0.3, -0.25) is 10.1 Å². The van der Waals surface area contributed by atoms with Gasteiger partial charge >= 0.3 is 0 Å². The van der Waals surface area contributed by atoms with Crippen LogP contribution in [0.5, 0.6) is 0 Å². The summed E-state index contributed by atoms with van der Waals surface area (Å²) in [5.41, 5.74) is 5.67. The van der Waals surface area contributed by atoms with E-state index in [0.29, 0.717) is 11.7 Å². The zero-order chi connectivity index (χ0) is 14.3. The second kappa shape index (κ2) is 4.92. The second-order valence-electron chi connectivity index (χ2n) is 6.18. The van der Waals surface area contributed by atoms with Gasteiger partial charge in [0.05, 0.1) is 17.1 Å². The van der Waals surface area contributed by atoms with E-state index >= 15 is 0 Å². The second-order valence-corrected chi connectivity index (χ2v) is 6.18. The van der Waals surface area contributed by atoms with Gasteiger partial charge in [0.2, 0.25) is 0 Å². The molecule has 108 valence electrons. The number of hydrogen-bond acceptors (Lipinski definition) is 5. The maximum absolute atomic E-state index is 10.9. The van der Waals surface area contributed by atoms with E-state index in [1.54, 1.807) is 0 Å². The van der Waals surface area contributed by atoms with Crippen LogP contribution in [0.3, 0.4) is 0 Å². The lowest BCUT2D eigenvalue weighted by molar-refractivity contribution is -0.384. The molecule has 1 aromatic heterocycles. The van der Waals surface area contributed by atoms with Crippen LogP contribution in [0.15, 0.2) is 12.1 Å². The Morgan fingerprint density at radius 2 is 2.25 bits per heavy atom. The lowest BCUT2D eigenvalue weighted by Gasteiger charge is -2.27. The Hall–Kier alpha value is -1.85. The molecule has 0 aliphatic heterocycles. The third kappa shape index (κ3) is 2.42. The van der Waals surface area contributed by atoms with Crippen molar-refractivity contribution < 1.29 is 4.92 Å². The van der Waals surface area contributed by atoms with Gasteiger partial charge in [0, 0.05) is 13.6 Å². The highest BCUT2D eigenvalue weighted by Gasteiger charge is 2.39. The first kappa shape index (κ1) is 13.1. The molecule has 2 bridgehead atoms. The van der Waals surface area contributed by atoms with E-state index in [4.69, 9.17) is 5.73 Å². The number of fused-ring (bicyclic) bond motifs is 2. The van der Waals surface area contributed by atoms with Gasteiger partial charge in [0.15, 0.2) is 0 Å². The van der Waals surface area contributed by atoms with Crippen molar-refractivity contribution in [3.63, 3.8) is 0 Å². The molecule has 0 amide bonds. The van der Waals surface area contributed by atoms with Crippen molar-refractivity contribution in [2.45, 2.75) is 25.7 Å². The molecule has 2 saturated carbocycles. The van der Waals surface area contributed by atoms with Crippen LogP contribution in [0, 0.1) is 27.9 Å². The molecule has 2 N–H and O–H groups in total. The maximum atomic E-state index is 10.9. The molecule has 2 aliphatic carbocycles. The fourth-order valence-electron chi connectivity index (χ4n) is 3.87. The fourth-order valence-corrected chi connectivity index (χ4v) is 3.87. The molecule has 3 atom stereocenters. The minimum atomic E-state index is -0.424. The fraction of sp³-hybridized carbons (Fsp3) is 0.643. The van der Waals surface area contributed by atoms with Crippen LogP contribution in [0.1, 0.15) is 25.7 Å². The molecule has 0 spiro atoms. The minimum Gasteiger partial charge on any atom is -0.383 e. The Morgan fingerprint density at radius 1 is 1.45 bits per heavy atom. The SMILES string of the molecule is CN(CC1CC2CCC1C2)c1cc([N+](=O)[O-])cc(N)n1. The van der Waals surface area contributed by atoms with Crippen LogP contribution in [0.2, 0.25) is 0 Å². The van der Waals surface area contributed by atoms with Crippen molar-refractivity contribution in [2.75, 3.05) is 24.2 Å². The van der Waals surface area contributed by atoms with Gasteiger partial charge in [0.25, 0.3) is 5.69 Å². The van der Waals surface area contributed by atoms with Crippen LogP contribution in [-0.2, 0) is 0 Å². The summed E-state index contributed by atoms with van der Waals surface area (Å²) in [5, 5.41) is 10.9. The number of rotatable bonds is 4. The Bertz CT molecular complexity index is 534. The Kier molecular flexibility index (Phi) is 3.23. The summed E-state index contributed by atoms with van der Waals surface area (Å²) in [6.07, 6.45) is 5.38. The van der Waals surface area contributed by atoms with Crippen molar-refractivity contribution in [1.82, 2.24) is 4.98 Å². The number of hydrogen-bond donors (Lipinski definition) is 1. The highest BCUT2D eigenvalue weighted by molar-refractivity contribution is 5.53. The monoisotopic (exact) mass is 276 g/mol. The van der Waals surface area contributed by atoms with Crippen molar-refractivity contribution in [1.29, 1.82) is 0 Å². The lowest BCUT2D eigenvalue weighted by atomic mass is 9.88. The molecule has 3 unspecified atom stereocenters. The lowest BCUT2D eigenvalue weighted by Crippen LogP contribution is -2.29. The largest absolute Gasteiger partial charge is 0.383 e. The number of anilines is 2. The van der Waals surface area contributed by atoms with Crippen LogP contribution in [0.25, 0.3) is 0 Å². The van der Waals surface area contributed by atoms with E-state index < -0.39 is 4.92 Å². The average Bonchev–Trinajstić information content (AvgIpc) is 3.00. The molecule has 0 radical (unpaired) electrons. The first-order valence-corrected chi connectivity index (χ1v) is 7.16. The number of nitrogen functional groups attached to an aromatic ring is 1. The van der Waals surface area contributed by atoms with Gasteiger partial charge in [0.1, 0.15) is 11.6 Å². The molecule has 6 heteroatoms. The summed E-state index contributed by atoms with van der Waals surface area (Å²) in [6.45, 7) is 0.911. The van der Waals surface area contributed by atoms with Crippen LogP contribution in [0.4, 0.5) is 17.3 Å². The van der Waals surface area contributed by atoms with Gasteiger partial charge in [-0.25, -0.2) is 4.98 Å². The van der Waals surface area contributed by atoms with Crippen LogP contribution >= 0.6 is 0 Å². The molecule has 3 rings (SSSR count). The first-order valence-electron chi connectivity index (χ1n) is 7.16. The van der Waals surface area contributed by atoms with Gasteiger partial charge in [-0.15, -0.1) is 0 Å². The van der Waals surface area contributed by atoms with Crippen molar-refractivity contribution in [2.24, 2.45) is 17.8 Å².